The van der Waals surface area contributed by atoms with Crippen molar-refractivity contribution in [3.8, 4) is 0 Å². The Morgan fingerprint density at radius 1 is 1.09 bits per heavy atom. The fraction of sp³-hybridized carbons (Fsp3) is 0.562. The smallest absolute Gasteiger partial charge is 0.416 e. The molecule has 0 aliphatic carbocycles. The Morgan fingerprint density at radius 2 is 1.74 bits per heavy atom. The molecule has 3 nitrogen and oxygen atoms in total. The average Bonchev–Trinajstić information content (AvgIpc) is 2.45. The first kappa shape index (κ1) is 19.4. The van der Waals surface area contributed by atoms with E-state index in [1.54, 1.807) is 0 Å². The van der Waals surface area contributed by atoms with Gasteiger partial charge in [-0.2, -0.15) is 13.2 Å². The standard InChI is InChI=1S/C16H20F4O3/c17-14-10-13(16(18,19)20)8-7-12(14)11-23-9-5-3-1-2-4-6-15(21)22/h7-8,10H,1-6,9,11H2,(H,21,22). The first-order chi connectivity index (χ1) is 10.8. The highest BCUT2D eigenvalue weighted by Crippen LogP contribution is 2.30. The highest BCUT2D eigenvalue weighted by molar-refractivity contribution is 5.66. The number of ether oxygens (including phenoxy) is 1. The van der Waals surface area contributed by atoms with Crippen LogP contribution in [0.5, 0.6) is 0 Å². The van der Waals surface area contributed by atoms with E-state index in [-0.39, 0.29) is 18.6 Å². The summed E-state index contributed by atoms with van der Waals surface area (Å²) < 4.78 is 56.0. The Bertz CT molecular complexity index is 501. The third-order valence-corrected chi connectivity index (χ3v) is 3.32. The number of hydrogen-bond donors (Lipinski definition) is 1. The Morgan fingerprint density at radius 3 is 2.35 bits per heavy atom. The zero-order valence-corrected chi connectivity index (χ0v) is 12.7. The summed E-state index contributed by atoms with van der Waals surface area (Å²) in [5.74, 6) is -1.72. The van der Waals surface area contributed by atoms with Gasteiger partial charge in [0.15, 0.2) is 0 Å². The van der Waals surface area contributed by atoms with Crippen LogP contribution in [-0.4, -0.2) is 17.7 Å². The molecule has 0 saturated carbocycles. The third-order valence-electron chi connectivity index (χ3n) is 3.32. The summed E-state index contributed by atoms with van der Waals surface area (Å²) >= 11 is 0. The summed E-state index contributed by atoms with van der Waals surface area (Å²) in [5, 5.41) is 8.47. The van der Waals surface area contributed by atoms with Crippen LogP contribution in [-0.2, 0) is 22.3 Å². The van der Waals surface area contributed by atoms with Crippen LogP contribution in [0, 0.1) is 5.82 Å². The van der Waals surface area contributed by atoms with Crippen LogP contribution in [0.2, 0.25) is 0 Å². The maximum atomic E-state index is 13.5. The molecule has 0 bridgehead atoms. The number of aliphatic carboxylic acids is 1. The van der Waals surface area contributed by atoms with Crippen LogP contribution in [0.15, 0.2) is 18.2 Å². The number of carbonyl (C=O) groups is 1. The second-order valence-corrected chi connectivity index (χ2v) is 5.27. The van der Waals surface area contributed by atoms with E-state index in [9.17, 15) is 22.4 Å². The van der Waals surface area contributed by atoms with Crippen LogP contribution in [0.1, 0.15) is 49.7 Å². The first-order valence-electron chi connectivity index (χ1n) is 7.46. The lowest BCUT2D eigenvalue weighted by Crippen LogP contribution is -2.07. The number of alkyl halides is 3. The quantitative estimate of drug-likeness (QED) is 0.494. The molecule has 130 valence electrons. The lowest BCUT2D eigenvalue weighted by Gasteiger charge is -2.09. The van der Waals surface area contributed by atoms with Crippen LogP contribution < -0.4 is 0 Å². The number of unbranched alkanes of at least 4 members (excludes halogenated alkanes) is 4. The first-order valence-corrected chi connectivity index (χ1v) is 7.46. The van der Waals surface area contributed by atoms with Gasteiger partial charge in [0.25, 0.3) is 0 Å². The van der Waals surface area contributed by atoms with E-state index >= 15 is 0 Å². The lowest BCUT2D eigenvalue weighted by molar-refractivity contribution is -0.138. The maximum absolute atomic E-state index is 13.5. The van der Waals surface area contributed by atoms with Crippen molar-refractivity contribution in [2.24, 2.45) is 0 Å². The summed E-state index contributed by atoms with van der Waals surface area (Å²) in [6, 6.07) is 2.40. The van der Waals surface area contributed by atoms with Gasteiger partial charge in [-0.1, -0.05) is 25.3 Å². The summed E-state index contributed by atoms with van der Waals surface area (Å²) in [4.78, 5) is 10.3. The monoisotopic (exact) mass is 336 g/mol. The third kappa shape index (κ3) is 7.97. The van der Waals surface area contributed by atoms with Crippen LogP contribution in [0.4, 0.5) is 17.6 Å². The predicted molar refractivity (Wildman–Crippen MR) is 76.4 cm³/mol. The van der Waals surface area contributed by atoms with Crippen molar-refractivity contribution >= 4 is 5.97 Å². The fourth-order valence-electron chi connectivity index (χ4n) is 2.03. The van der Waals surface area contributed by atoms with Crippen molar-refractivity contribution in [2.75, 3.05) is 6.61 Å². The Kier molecular flexibility index (Phi) is 8.02. The molecule has 23 heavy (non-hydrogen) atoms. The molecule has 0 atom stereocenters. The minimum Gasteiger partial charge on any atom is -0.481 e. The minimum absolute atomic E-state index is 0.0665. The van der Waals surface area contributed by atoms with Gasteiger partial charge in [-0.15, -0.1) is 0 Å². The lowest BCUT2D eigenvalue weighted by atomic mass is 10.1. The molecule has 0 saturated heterocycles. The highest BCUT2D eigenvalue weighted by atomic mass is 19.4. The van der Waals surface area contributed by atoms with Crippen molar-refractivity contribution < 1.29 is 32.2 Å². The topological polar surface area (TPSA) is 46.5 Å². The second kappa shape index (κ2) is 9.50. The van der Waals surface area contributed by atoms with Gasteiger partial charge >= 0.3 is 12.1 Å². The number of carboxylic acids is 1. The van der Waals surface area contributed by atoms with E-state index in [0.717, 1.165) is 37.8 Å². The van der Waals surface area contributed by atoms with E-state index in [1.165, 1.54) is 0 Å². The zero-order valence-electron chi connectivity index (χ0n) is 12.7. The van der Waals surface area contributed by atoms with E-state index in [0.29, 0.717) is 19.1 Å². The molecule has 0 radical (unpaired) electrons. The molecule has 0 spiro atoms. The molecule has 1 N–H and O–H groups in total. The number of halogens is 4. The van der Waals surface area contributed by atoms with E-state index in [4.69, 9.17) is 9.84 Å². The molecular weight excluding hydrogens is 316 g/mol. The zero-order chi connectivity index (χ0) is 17.3. The highest BCUT2D eigenvalue weighted by Gasteiger charge is 2.31. The normalized spacial score (nSPS) is 11.7. The van der Waals surface area contributed by atoms with Crippen molar-refractivity contribution in [3.63, 3.8) is 0 Å². The predicted octanol–water partition coefficient (Wildman–Crippen LogP) is 4.79. The second-order valence-electron chi connectivity index (χ2n) is 5.27. The van der Waals surface area contributed by atoms with Crippen LogP contribution >= 0.6 is 0 Å². The molecule has 0 aliphatic rings. The molecule has 0 aliphatic heterocycles. The maximum Gasteiger partial charge on any atom is 0.416 e. The molecule has 0 fully saturated rings. The number of rotatable bonds is 10. The van der Waals surface area contributed by atoms with E-state index in [2.05, 4.69) is 0 Å². The summed E-state index contributed by atoms with van der Waals surface area (Å²) in [6.07, 6.45) is -0.396. The summed E-state index contributed by atoms with van der Waals surface area (Å²) in [5.41, 5.74) is -0.917. The molecule has 0 aromatic heterocycles. The van der Waals surface area contributed by atoms with Gasteiger partial charge in [-0.3, -0.25) is 4.79 Å². The van der Waals surface area contributed by atoms with Gasteiger partial charge in [0.1, 0.15) is 5.82 Å². The SMILES string of the molecule is O=C(O)CCCCCCCOCc1ccc(C(F)(F)F)cc1F. The number of benzene rings is 1. The van der Waals surface area contributed by atoms with Crippen LogP contribution in [0.25, 0.3) is 0 Å². The van der Waals surface area contributed by atoms with Gasteiger partial charge in [-0.05, 0) is 25.0 Å². The number of hydrogen-bond acceptors (Lipinski definition) is 2. The van der Waals surface area contributed by atoms with Gasteiger partial charge in [0, 0.05) is 18.6 Å². The van der Waals surface area contributed by atoms with Gasteiger partial charge in [0.05, 0.1) is 12.2 Å². The van der Waals surface area contributed by atoms with E-state index in [1.807, 2.05) is 0 Å². The molecule has 0 heterocycles. The average molecular weight is 336 g/mol. The van der Waals surface area contributed by atoms with Gasteiger partial charge in [0.2, 0.25) is 0 Å². The Labute approximate surface area is 132 Å². The summed E-state index contributed by atoms with van der Waals surface area (Å²) in [7, 11) is 0. The van der Waals surface area contributed by atoms with Crippen molar-refractivity contribution in [3.05, 3.63) is 35.1 Å². The Hall–Kier alpha value is -1.63. The van der Waals surface area contributed by atoms with E-state index < -0.39 is 23.5 Å². The number of carboxylic acid groups (broad SMARTS) is 1. The van der Waals surface area contributed by atoms with Crippen molar-refractivity contribution in [1.29, 1.82) is 0 Å². The summed E-state index contributed by atoms with van der Waals surface area (Å²) in [6.45, 7) is 0.322. The molecule has 0 amide bonds. The van der Waals surface area contributed by atoms with Crippen LogP contribution in [0.3, 0.4) is 0 Å². The molecule has 1 rings (SSSR count). The van der Waals surface area contributed by atoms with Gasteiger partial charge in [-0.25, -0.2) is 4.39 Å². The molecule has 7 heteroatoms. The largest absolute Gasteiger partial charge is 0.481 e. The van der Waals surface area contributed by atoms with Gasteiger partial charge < -0.3 is 9.84 Å². The molecule has 0 unspecified atom stereocenters. The molecule has 1 aromatic rings. The Balaban J connectivity index is 2.18. The van der Waals surface area contributed by atoms with Crippen molar-refractivity contribution in [2.45, 2.75) is 51.3 Å². The molecular formula is C16H20F4O3. The molecule has 1 aromatic carbocycles. The van der Waals surface area contributed by atoms with Crippen molar-refractivity contribution in [1.82, 2.24) is 0 Å². The minimum atomic E-state index is -4.55. The fourth-order valence-corrected chi connectivity index (χ4v) is 2.03.